The third-order valence-electron chi connectivity index (χ3n) is 2.79. The minimum Gasteiger partial charge on any atom is -0.475 e. The lowest BCUT2D eigenvalue weighted by Gasteiger charge is -2.02. The molecule has 4 nitrogen and oxygen atoms in total. The number of rotatable bonds is 2. The van der Waals surface area contributed by atoms with Gasteiger partial charge in [-0.25, -0.2) is 4.79 Å². The molecule has 0 saturated carbocycles. The minimum absolute atomic E-state index is 0.155. The van der Waals surface area contributed by atoms with Crippen LogP contribution in [0.2, 0.25) is 0 Å². The van der Waals surface area contributed by atoms with E-state index in [9.17, 15) is 4.79 Å². The molecule has 0 amide bonds. The van der Waals surface area contributed by atoms with Crippen LogP contribution in [0.1, 0.15) is 10.6 Å². The number of hydrogen-bond donors (Lipinski definition) is 1. The van der Waals surface area contributed by atoms with Crippen molar-refractivity contribution in [3.8, 4) is 11.3 Å². The van der Waals surface area contributed by atoms with E-state index in [1.54, 1.807) is 0 Å². The third-order valence-corrected chi connectivity index (χ3v) is 2.79. The summed E-state index contributed by atoms with van der Waals surface area (Å²) in [5.74, 6) is -1.27. The van der Waals surface area contributed by atoms with Crippen molar-refractivity contribution in [1.82, 2.24) is 5.16 Å². The van der Waals surface area contributed by atoms with Gasteiger partial charge in [0, 0.05) is 11.6 Å². The van der Waals surface area contributed by atoms with Gasteiger partial charge < -0.3 is 9.63 Å². The number of aromatic nitrogens is 1. The summed E-state index contributed by atoms with van der Waals surface area (Å²) in [5, 5.41) is 14.7. The van der Waals surface area contributed by atoms with Gasteiger partial charge in [-0.15, -0.1) is 0 Å². The lowest BCUT2D eigenvalue weighted by atomic mass is 10.0. The van der Waals surface area contributed by atoms with Gasteiger partial charge in [0.15, 0.2) is 0 Å². The first-order valence-electron chi connectivity index (χ1n) is 5.44. The highest BCUT2D eigenvalue weighted by Gasteiger charge is 2.13. The van der Waals surface area contributed by atoms with E-state index >= 15 is 0 Å². The molecule has 0 aliphatic heterocycles. The largest absolute Gasteiger partial charge is 0.475 e. The summed E-state index contributed by atoms with van der Waals surface area (Å²) in [7, 11) is 0. The Morgan fingerprint density at radius 2 is 1.89 bits per heavy atom. The summed E-state index contributed by atoms with van der Waals surface area (Å²) in [4.78, 5) is 10.8. The smallest absolute Gasteiger partial charge is 0.374 e. The molecule has 0 aliphatic carbocycles. The Balaban J connectivity index is 2.21. The Hall–Kier alpha value is -2.62. The second kappa shape index (κ2) is 4.00. The summed E-state index contributed by atoms with van der Waals surface area (Å²) < 4.78 is 4.78. The van der Waals surface area contributed by atoms with E-state index in [2.05, 4.69) is 5.16 Å². The van der Waals surface area contributed by atoms with Crippen LogP contribution in [0.5, 0.6) is 0 Å². The lowest BCUT2D eigenvalue weighted by molar-refractivity contribution is 0.0652. The van der Waals surface area contributed by atoms with Crippen molar-refractivity contribution in [2.45, 2.75) is 0 Å². The maximum atomic E-state index is 10.8. The fourth-order valence-electron chi connectivity index (χ4n) is 1.95. The number of aromatic carboxylic acids is 1. The molecule has 1 aromatic heterocycles. The molecule has 0 saturated heterocycles. The highest BCUT2D eigenvalue weighted by Crippen LogP contribution is 2.28. The number of carbonyl (C=O) groups is 1. The van der Waals surface area contributed by atoms with Crippen LogP contribution in [0.3, 0.4) is 0 Å². The average Bonchev–Trinajstić information content (AvgIpc) is 2.87. The van der Waals surface area contributed by atoms with Crippen LogP contribution >= 0.6 is 0 Å². The normalized spacial score (nSPS) is 10.7. The first kappa shape index (κ1) is 10.5. The molecule has 3 rings (SSSR count). The predicted molar refractivity (Wildman–Crippen MR) is 66.4 cm³/mol. The summed E-state index contributed by atoms with van der Waals surface area (Å²) in [6, 6.07) is 15.1. The van der Waals surface area contributed by atoms with Crippen LogP contribution in [0.25, 0.3) is 22.0 Å². The molecule has 0 radical (unpaired) electrons. The van der Waals surface area contributed by atoms with Crippen LogP contribution in [0.4, 0.5) is 0 Å². The molecule has 0 atom stereocenters. The Bertz CT molecular complexity index is 725. The SMILES string of the molecule is O=C(O)c1cc(-c2cccc3ccccc23)no1. The van der Waals surface area contributed by atoms with Crippen LogP contribution in [-0.4, -0.2) is 16.2 Å². The van der Waals surface area contributed by atoms with Crippen LogP contribution in [0.15, 0.2) is 53.1 Å². The summed E-state index contributed by atoms with van der Waals surface area (Å²) in [5.41, 5.74) is 1.40. The zero-order valence-corrected chi connectivity index (χ0v) is 9.33. The second-order valence-corrected chi connectivity index (χ2v) is 3.91. The van der Waals surface area contributed by atoms with Crippen molar-refractivity contribution < 1.29 is 14.4 Å². The van der Waals surface area contributed by atoms with Crippen LogP contribution in [-0.2, 0) is 0 Å². The van der Waals surface area contributed by atoms with Crippen molar-refractivity contribution in [1.29, 1.82) is 0 Å². The molecule has 0 spiro atoms. The maximum Gasteiger partial charge on any atom is 0.374 e. The number of benzene rings is 2. The number of carboxylic acid groups (broad SMARTS) is 1. The molecular formula is C14H9NO3. The third kappa shape index (κ3) is 1.64. The molecule has 0 bridgehead atoms. The molecule has 88 valence electrons. The fourth-order valence-corrected chi connectivity index (χ4v) is 1.95. The number of fused-ring (bicyclic) bond motifs is 1. The van der Waals surface area contributed by atoms with E-state index < -0.39 is 5.97 Å². The van der Waals surface area contributed by atoms with Gasteiger partial charge in [-0.1, -0.05) is 47.6 Å². The first-order valence-corrected chi connectivity index (χ1v) is 5.44. The molecule has 2 aromatic carbocycles. The molecule has 3 aromatic rings. The molecule has 0 unspecified atom stereocenters. The summed E-state index contributed by atoms with van der Waals surface area (Å²) in [6.45, 7) is 0. The number of nitrogens with zero attached hydrogens (tertiary/aromatic N) is 1. The molecule has 1 N–H and O–H groups in total. The van der Waals surface area contributed by atoms with Gasteiger partial charge >= 0.3 is 5.97 Å². The van der Waals surface area contributed by atoms with Gasteiger partial charge in [0.05, 0.1) is 0 Å². The average molecular weight is 239 g/mol. The van der Waals surface area contributed by atoms with Gasteiger partial charge in [0.25, 0.3) is 0 Å². The Morgan fingerprint density at radius 3 is 2.67 bits per heavy atom. The first-order chi connectivity index (χ1) is 8.75. The maximum absolute atomic E-state index is 10.8. The number of hydrogen-bond acceptors (Lipinski definition) is 3. The van der Waals surface area contributed by atoms with Crippen LogP contribution < -0.4 is 0 Å². The van der Waals surface area contributed by atoms with Crippen LogP contribution in [0, 0.1) is 0 Å². The highest BCUT2D eigenvalue weighted by molar-refractivity contribution is 5.96. The van der Waals surface area contributed by atoms with E-state index in [0.717, 1.165) is 16.3 Å². The zero-order chi connectivity index (χ0) is 12.5. The lowest BCUT2D eigenvalue weighted by Crippen LogP contribution is -1.91. The minimum atomic E-state index is -1.12. The molecule has 0 fully saturated rings. The van der Waals surface area contributed by atoms with E-state index in [1.807, 2.05) is 42.5 Å². The molecule has 18 heavy (non-hydrogen) atoms. The summed E-state index contributed by atoms with van der Waals surface area (Å²) in [6.07, 6.45) is 0. The quantitative estimate of drug-likeness (QED) is 0.745. The van der Waals surface area contributed by atoms with Crippen molar-refractivity contribution >= 4 is 16.7 Å². The van der Waals surface area contributed by atoms with Gasteiger partial charge in [-0.3, -0.25) is 0 Å². The van der Waals surface area contributed by atoms with Gasteiger partial charge in [-0.2, -0.15) is 0 Å². The number of carboxylic acids is 1. The van der Waals surface area contributed by atoms with E-state index in [4.69, 9.17) is 9.63 Å². The van der Waals surface area contributed by atoms with E-state index in [1.165, 1.54) is 6.07 Å². The van der Waals surface area contributed by atoms with Crippen molar-refractivity contribution in [3.63, 3.8) is 0 Å². The van der Waals surface area contributed by atoms with Gasteiger partial charge in [-0.05, 0) is 10.8 Å². The zero-order valence-electron chi connectivity index (χ0n) is 9.33. The van der Waals surface area contributed by atoms with Crippen molar-refractivity contribution in [2.75, 3.05) is 0 Å². The molecule has 0 aliphatic rings. The summed E-state index contributed by atoms with van der Waals surface area (Å²) >= 11 is 0. The Morgan fingerprint density at radius 1 is 1.11 bits per heavy atom. The van der Waals surface area contributed by atoms with E-state index in [-0.39, 0.29) is 5.76 Å². The predicted octanol–water partition coefficient (Wildman–Crippen LogP) is 3.19. The molecular weight excluding hydrogens is 230 g/mol. The standard InChI is InChI=1S/C14H9NO3/c16-14(17)13-8-12(15-18-13)11-7-3-5-9-4-1-2-6-10(9)11/h1-8H,(H,16,17). The Labute approximate surface area is 102 Å². The van der Waals surface area contributed by atoms with Gasteiger partial charge in [0.2, 0.25) is 5.76 Å². The van der Waals surface area contributed by atoms with Crippen molar-refractivity contribution in [3.05, 3.63) is 54.3 Å². The molecule has 4 heteroatoms. The highest BCUT2D eigenvalue weighted by atomic mass is 16.5. The monoisotopic (exact) mass is 239 g/mol. The topological polar surface area (TPSA) is 63.3 Å². The van der Waals surface area contributed by atoms with Crippen molar-refractivity contribution in [2.24, 2.45) is 0 Å². The van der Waals surface area contributed by atoms with Gasteiger partial charge in [0.1, 0.15) is 5.69 Å². The fraction of sp³-hybridized carbons (Fsp3) is 0. The molecule has 1 heterocycles. The Kier molecular flexibility index (Phi) is 2.34. The van der Waals surface area contributed by atoms with E-state index in [0.29, 0.717) is 5.69 Å². The second-order valence-electron chi connectivity index (χ2n) is 3.91.